The van der Waals surface area contributed by atoms with Crippen molar-refractivity contribution in [2.45, 2.75) is 70.1 Å². The molecule has 0 saturated carbocycles. The van der Waals surface area contributed by atoms with Crippen molar-refractivity contribution in [3.05, 3.63) is 22.7 Å². The van der Waals surface area contributed by atoms with E-state index in [0.29, 0.717) is 0 Å². The number of nitrogens with one attached hydrogen (secondary N) is 2. The summed E-state index contributed by atoms with van der Waals surface area (Å²) in [5, 5.41) is 38.1. The number of aliphatic hydroxyl groups excluding tert-OH is 4. The van der Waals surface area contributed by atoms with E-state index in [1.165, 1.54) is 38.3 Å². The molecule has 0 bridgehead atoms. The molecule has 0 aromatic carbocycles. The third-order valence-corrected chi connectivity index (χ3v) is 4.04. The van der Waals surface area contributed by atoms with Gasteiger partial charge in [-0.25, -0.2) is 9.78 Å². The number of ether oxygens (including phenoxy) is 1. The van der Waals surface area contributed by atoms with Crippen molar-refractivity contribution in [3.63, 3.8) is 0 Å². The van der Waals surface area contributed by atoms with E-state index in [9.17, 15) is 4.79 Å². The first-order valence-corrected chi connectivity index (χ1v) is 9.09. The maximum Gasteiger partial charge on any atom is 0.346 e. The lowest BCUT2D eigenvalue weighted by molar-refractivity contribution is -0.132. The van der Waals surface area contributed by atoms with Crippen molar-refractivity contribution in [3.8, 4) is 0 Å². The fourth-order valence-electron chi connectivity index (χ4n) is 2.48. The molecule has 9 heteroatoms. The molecule has 0 aliphatic carbocycles. The summed E-state index contributed by atoms with van der Waals surface area (Å²) in [7, 11) is 0. The number of unbranched alkanes of at least 4 members (excludes halogenated alkanes) is 5. The number of rotatable bonds is 9. The number of aliphatic hydroxyl groups is 4. The first-order valence-electron chi connectivity index (χ1n) is 9.09. The molecule has 1 aliphatic rings. The van der Waals surface area contributed by atoms with Crippen molar-refractivity contribution < 1.29 is 25.2 Å². The number of aromatic nitrogens is 2. The van der Waals surface area contributed by atoms with Crippen molar-refractivity contribution in [1.29, 1.82) is 0 Å². The van der Waals surface area contributed by atoms with E-state index in [1.807, 2.05) is 0 Å². The van der Waals surface area contributed by atoms with Gasteiger partial charge in [-0.15, -0.1) is 0 Å². The molecule has 0 spiro atoms. The monoisotopic (exact) mass is 373 g/mol. The smallest absolute Gasteiger partial charge is 0.346 e. The maximum absolute atomic E-state index is 10.9. The van der Waals surface area contributed by atoms with Crippen LogP contribution in [0, 0.1) is 0 Å². The van der Waals surface area contributed by atoms with Gasteiger partial charge in [0.1, 0.15) is 24.1 Å². The molecule has 0 amide bonds. The molecule has 150 valence electrons. The summed E-state index contributed by atoms with van der Waals surface area (Å²) in [6.07, 6.45) is 4.43. The average molecular weight is 373 g/mol. The van der Waals surface area contributed by atoms with Gasteiger partial charge >= 0.3 is 5.69 Å². The zero-order valence-corrected chi connectivity index (χ0v) is 15.2. The van der Waals surface area contributed by atoms with Gasteiger partial charge in [0, 0.05) is 12.7 Å². The Morgan fingerprint density at radius 1 is 1.15 bits per heavy atom. The van der Waals surface area contributed by atoms with Gasteiger partial charge in [0.05, 0.1) is 6.61 Å². The van der Waals surface area contributed by atoms with Crippen LogP contribution >= 0.6 is 0 Å². The minimum absolute atomic E-state index is 0.298. The molecule has 1 saturated heterocycles. The Bertz CT molecular complexity index is 541. The van der Waals surface area contributed by atoms with Gasteiger partial charge in [-0.1, -0.05) is 39.0 Å². The minimum atomic E-state index is -1.38. The number of aromatic amines is 1. The van der Waals surface area contributed by atoms with Crippen molar-refractivity contribution >= 4 is 5.82 Å². The van der Waals surface area contributed by atoms with Crippen LogP contribution < -0.4 is 11.0 Å². The van der Waals surface area contributed by atoms with Gasteiger partial charge in [-0.2, -0.15) is 0 Å². The Labute approximate surface area is 153 Å². The van der Waals surface area contributed by atoms with Crippen LogP contribution in [-0.2, 0) is 4.74 Å². The molecule has 1 fully saturated rings. The van der Waals surface area contributed by atoms with E-state index >= 15 is 0 Å². The Balaban J connectivity index is 0.000000289. The second-order valence-corrected chi connectivity index (χ2v) is 6.21. The van der Waals surface area contributed by atoms with Crippen LogP contribution in [0.2, 0.25) is 0 Å². The lowest BCUT2D eigenvalue weighted by Crippen LogP contribution is -2.33. The average Bonchev–Trinajstić information content (AvgIpc) is 2.88. The topological polar surface area (TPSA) is 148 Å². The summed E-state index contributed by atoms with van der Waals surface area (Å²) in [5.41, 5.74) is -0.298. The zero-order valence-electron chi connectivity index (χ0n) is 15.2. The third-order valence-electron chi connectivity index (χ3n) is 4.04. The molecule has 2 heterocycles. The largest absolute Gasteiger partial charge is 0.394 e. The quantitative estimate of drug-likeness (QED) is 0.330. The number of anilines is 1. The Kier molecular flexibility index (Phi) is 11.1. The van der Waals surface area contributed by atoms with Gasteiger partial charge in [-0.05, 0) is 12.5 Å². The van der Waals surface area contributed by atoms with Crippen LogP contribution in [0.4, 0.5) is 5.82 Å². The summed E-state index contributed by atoms with van der Waals surface area (Å²) < 4.78 is 4.54. The summed E-state index contributed by atoms with van der Waals surface area (Å²) >= 11 is 0. The Morgan fingerprint density at radius 3 is 2.38 bits per heavy atom. The van der Waals surface area contributed by atoms with E-state index in [-0.39, 0.29) is 5.69 Å². The number of H-pyrrole nitrogens is 1. The summed E-state index contributed by atoms with van der Waals surface area (Å²) in [4.78, 5) is 17.1. The number of hydrogen-bond acceptors (Lipinski definition) is 8. The Morgan fingerprint density at radius 2 is 1.85 bits per heavy atom. The van der Waals surface area contributed by atoms with Crippen molar-refractivity contribution in [2.24, 2.45) is 0 Å². The molecular weight excluding hydrogens is 342 g/mol. The van der Waals surface area contributed by atoms with Crippen LogP contribution in [-0.4, -0.2) is 68.1 Å². The van der Waals surface area contributed by atoms with Gasteiger partial charge in [0.2, 0.25) is 0 Å². The molecule has 1 aromatic rings. The lowest BCUT2D eigenvalue weighted by Gasteiger charge is -2.09. The predicted molar refractivity (Wildman–Crippen MR) is 96.7 cm³/mol. The van der Waals surface area contributed by atoms with E-state index < -0.39 is 31.2 Å². The highest BCUT2D eigenvalue weighted by Gasteiger charge is 2.41. The van der Waals surface area contributed by atoms with Gasteiger partial charge in [-0.3, -0.25) is 4.98 Å². The van der Waals surface area contributed by atoms with E-state index in [2.05, 4.69) is 26.9 Å². The zero-order chi connectivity index (χ0) is 19.4. The molecule has 0 radical (unpaired) electrons. The molecule has 1 aromatic heterocycles. The molecule has 9 nitrogen and oxygen atoms in total. The van der Waals surface area contributed by atoms with Gasteiger partial charge in [0.25, 0.3) is 0 Å². The number of hydrogen-bond donors (Lipinski definition) is 6. The molecule has 6 N–H and O–H groups in total. The van der Waals surface area contributed by atoms with Crippen molar-refractivity contribution in [1.82, 2.24) is 9.97 Å². The van der Waals surface area contributed by atoms with Crippen LogP contribution in [0.1, 0.15) is 45.4 Å². The van der Waals surface area contributed by atoms with E-state index in [1.54, 1.807) is 6.07 Å². The molecular formula is C17H31N3O6. The normalized spacial score (nSPS) is 24.8. The van der Waals surface area contributed by atoms with E-state index in [0.717, 1.165) is 18.8 Å². The van der Waals surface area contributed by atoms with E-state index in [4.69, 9.17) is 20.4 Å². The van der Waals surface area contributed by atoms with Gasteiger partial charge in [0.15, 0.2) is 6.29 Å². The van der Waals surface area contributed by atoms with Crippen LogP contribution in [0.25, 0.3) is 0 Å². The summed E-state index contributed by atoms with van der Waals surface area (Å²) in [5.74, 6) is 0.758. The molecule has 4 atom stereocenters. The van der Waals surface area contributed by atoms with Crippen molar-refractivity contribution in [2.75, 3.05) is 18.5 Å². The second-order valence-electron chi connectivity index (χ2n) is 6.21. The lowest BCUT2D eigenvalue weighted by atomic mass is 10.1. The highest BCUT2D eigenvalue weighted by molar-refractivity contribution is 5.31. The number of nitrogens with zero attached hydrogens (tertiary/aromatic N) is 1. The predicted octanol–water partition coefficient (Wildman–Crippen LogP) is -0.0400. The SMILES string of the molecule is CCCCCCCCNc1ccnc(=O)[nH]1.OC[C@H]1OC(O)[C@@H](O)[C@@H]1O. The molecule has 2 rings (SSSR count). The maximum atomic E-state index is 10.9. The van der Waals surface area contributed by atoms with Crippen LogP contribution in [0.5, 0.6) is 0 Å². The fraction of sp³-hybridized carbons (Fsp3) is 0.765. The van der Waals surface area contributed by atoms with Crippen LogP contribution in [0.15, 0.2) is 17.1 Å². The molecule has 26 heavy (non-hydrogen) atoms. The second kappa shape index (κ2) is 12.8. The first kappa shape index (κ1) is 22.5. The Hall–Kier alpha value is -1.52. The highest BCUT2D eigenvalue weighted by atomic mass is 16.6. The first-order chi connectivity index (χ1) is 12.5. The highest BCUT2D eigenvalue weighted by Crippen LogP contribution is 2.18. The summed E-state index contributed by atoms with van der Waals surface area (Å²) in [6.45, 7) is 2.72. The standard InChI is InChI=1S/C12H21N3O.C5H10O5/c1-2-3-4-5-6-7-9-13-11-8-10-14-12(16)15-11;6-1-2-3(7)4(8)5(9)10-2/h8,10H,2-7,9H2,1H3,(H2,13,14,15,16);2-9H,1H2/t;2-,3-,4+,5?/m.1/s1. The third kappa shape index (κ3) is 8.24. The van der Waals surface area contributed by atoms with Gasteiger partial charge < -0.3 is 30.5 Å². The molecule has 1 aliphatic heterocycles. The molecule has 1 unspecified atom stereocenters. The van der Waals surface area contributed by atoms with Crippen LogP contribution in [0.3, 0.4) is 0 Å². The minimum Gasteiger partial charge on any atom is -0.394 e. The summed E-state index contributed by atoms with van der Waals surface area (Å²) in [6, 6.07) is 1.78. The fourth-order valence-corrected chi connectivity index (χ4v) is 2.48.